The summed E-state index contributed by atoms with van der Waals surface area (Å²) in [5, 5.41) is 0. The minimum Gasteiger partial charge on any atom is -0.299 e. The number of hydrogen-bond donors (Lipinski definition) is 0. The zero-order chi connectivity index (χ0) is 16.7. The van der Waals surface area contributed by atoms with E-state index in [9.17, 15) is 4.79 Å². The van der Waals surface area contributed by atoms with Crippen LogP contribution in [0.5, 0.6) is 0 Å². The Balaban J connectivity index is 0. The van der Waals surface area contributed by atoms with Crippen molar-refractivity contribution in [1.82, 2.24) is 0 Å². The van der Waals surface area contributed by atoms with E-state index in [0.717, 1.165) is 24.7 Å². The number of carbonyl (C=O) groups excluding carboxylic acids is 1. The third-order valence-corrected chi connectivity index (χ3v) is 4.46. The van der Waals surface area contributed by atoms with Gasteiger partial charge in [0.15, 0.2) is 0 Å². The summed E-state index contributed by atoms with van der Waals surface area (Å²) in [6.45, 7) is 15.1. The van der Waals surface area contributed by atoms with Crippen LogP contribution < -0.4 is 0 Å². The van der Waals surface area contributed by atoms with E-state index >= 15 is 0 Å². The number of Topliss-reactive ketones (excluding diaryl/α,β-unsaturated/α-hetero) is 1. The normalized spacial score (nSPS) is 13.5. The predicted molar refractivity (Wildman–Crippen MR) is 96.7 cm³/mol. The molecule has 0 fully saturated rings. The largest absolute Gasteiger partial charge is 0.299 e. The fourth-order valence-corrected chi connectivity index (χ4v) is 2.52. The van der Waals surface area contributed by atoms with Crippen LogP contribution in [0.15, 0.2) is 0 Å². The molecular formula is C20H42O. The van der Waals surface area contributed by atoms with Crippen molar-refractivity contribution in [3.63, 3.8) is 0 Å². The van der Waals surface area contributed by atoms with Gasteiger partial charge in [0.25, 0.3) is 0 Å². The summed E-state index contributed by atoms with van der Waals surface area (Å²) in [5.41, 5.74) is 0. The first-order chi connectivity index (χ1) is 9.99. The lowest BCUT2D eigenvalue weighted by atomic mass is 9.87. The number of unbranched alkanes of at least 4 members (excludes halogenated alkanes) is 4. The molecule has 1 nitrogen and oxygen atoms in total. The van der Waals surface area contributed by atoms with Crippen LogP contribution in [0, 0.1) is 17.8 Å². The first-order valence-electron chi connectivity index (χ1n) is 9.51. The van der Waals surface area contributed by atoms with E-state index < -0.39 is 0 Å². The first kappa shape index (κ1) is 22.9. The molecule has 0 aromatic heterocycles. The molecule has 0 aromatic carbocycles. The minimum atomic E-state index is 0.220. The molecule has 0 saturated heterocycles. The highest BCUT2D eigenvalue weighted by Crippen LogP contribution is 2.23. The van der Waals surface area contributed by atoms with Gasteiger partial charge in [-0.1, -0.05) is 93.4 Å². The molecule has 128 valence electrons. The van der Waals surface area contributed by atoms with Gasteiger partial charge in [-0.15, -0.1) is 0 Å². The van der Waals surface area contributed by atoms with Gasteiger partial charge in [-0.2, -0.15) is 0 Å². The van der Waals surface area contributed by atoms with Gasteiger partial charge in [-0.05, 0) is 18.3 Å². The Labute approximate surface area is 135 Å². The number of carbonyl (C=O) groups is 1. The van der Waals surface area contributed by atoms with Crippen molar-refractivity contribution in [2.24, 2.45) is 17.8 Å². The standard InChI is InChI=1S/C18H36O.C2H6/c1-6-7-9-12-16(4)17(5)13-10-8-11-14-18(19)15(2)3;1-2/h15-17H,6-14H2,1-5H3;1-2H3/t16-,17-;/m1./s1. The molecule has 0 radical (unpaired) electrons. The van der Waals surface area contributed by atoms with E-state index in [-0.39, 0.29) is 5.92 Å². The topological polar surface area (TPSA) is 17.1 Å². The molecule has 0 aliphatic carbocycles. The van der Waals surface area contributed by atoms with E-state index in [4.69, 9.17) is 0 Å². The van der Waals surface area contributed by atoms with Crippen molar-refractivity contribution in [3.05, 3.63) is 0 Å². The van der Waals surface area contributed by atoms with Gasteiger partial charge in [0.1, 0.15) is 5.78 Å². The van der Waals surface area contributed by atoms with Crippen molar-refractivity contribution in [1.29, 1.82) is 0 Å². The highest BCUT2D eigenvalue weighted by Gasteiger charge is 2.12. The lowest BCUT2D eigenvalue weighted by Crippen LogP contribution is -2.08. The Morgan fingerprint density at radius 2 is 1.24 bits per heavy atom. The maximum Gasteiger partial charge on any atom is 0.135 e. The number of ketones is 1. The average Bonchev–Trinajstić information content (AvgIpc) is 2.48. The molecule has 0 aliphatic rings. The van der Waals surface area contributed by atoms with Crippen molar-refractivity contribution >= 4 is 5.78 Å². The molecule has 0 rings (SSSR count). The maximum atomic E-state index is 11.5. The van der Waals surface area contributed by atoms with Crippen molar-refractivity contribution in [2.75, 3.05) is 0 Å². The summed E-state index contributed by atoms with van der Waals surface area (Å²) >= 11 is 0. The van der Waals surface area contributed by atoms with Gasteiger partial charge in [0.05, 0.1) is 0 Å². The zero-order valence-electron chi connectivity index (χ0n) is 16.0. The first-order valence-corrected chi connectivity index (χ1v) is 9.51. The molecule has 0 bridgehead atoms. The molecule has 0 spiro atoms. The zero-order valence-corrected chi connectivity index (χ0v) is 16.0. The monoisotopic (exact) mass is 298 g/mol. The Hall–Kier alpha value is -0.330. The van der Waals surface area contributed by atoms with Crippen molar-refractivity contribution < 1.29 is 4.79 Å². The van der Waals surface area contributed by atoms with Gasteiger partial charge in [-0.25, -0.2) is 0 Å². The minimum absolute atomic E-state index is 0.220. The van der Waals surface area contributed by atoms with Crippen LogP contribution >= 0.6 is 0 Å². The van der Waals surface area contributed by atoms with E-state index in [2.05, 4.69) is 20.8 Å². The number of hydrogen-bond acceptors (Lipinski definition) is 1. The number of rotatable bonds is 12. The molecule has 0 heterocycles. The van der Waals surface area contributed by atoms with Crippen LogP contribution in [0.1, 0.15) is 106 Å². The van der Waals surface area contributed by atoms with Crippen LogP contribution in [-0.2, 0) is 4.79 Å². The van der Waals surface area contributed by atoms with Crippen LogP contribution in [0.25, 0.3) is 0 Å². The second kappa shape index (κ2) is 16.0. The maximum absolute atomic E-state index is 11.5. The van der Waals surface area contributed by atoms with Gasteiger partial charge >= 0.3 is 0 Å². The highest BCUT2D eigenvalue weighted by molar-refractivity contribution is 5.80. The Bertz CT molecular complexity index is 220. The lowest BCUT2D eigenvalue weighted by molar-refractivity contribution is -0.122. The SMILES string of the molecule is CC.CCCCC[C@@H](C)[C@H](C)CCCCCC(=O)C(C)C. The molecule has 0 saturated carbocycles. The van der Waals surface area contributed by atoms with Gasteiger partial charge in [-0.3, -0.25) is 4.79 Å². The smallest absolute Gasteiger partial charge is 0.135 e. The molecule has 0 unspecified atom stereocenters. The summed E-state index contributed by atoms with van der Waals surface area (Å²) in [7, 11) is 0. The molecule has 21 heavy (non-hydrogen) atoms. The Kier molecular flexibility index (Phi) is 17.5. The van der Waals surface area contributed by atoms with Crippen LogP contribution in [0.4, 0.5) is 0 Å². The van der Waals surface area contributed by atoms with Crippen molar-refractivity contribution in [3.8, 4) is 0 Å². The van der Waals surface area contributed by atoms with Gasteiger partial charge < -0.3 is 0 Å². The van der Waals surface area contributed by atoms with Crippen molar-refractivity contribution in [2.45, 2.75) is 106 Å². The van der Waals surface area contributed by atoms with Crippen LogP contribution in [0.3, 0.4) is 0 Å². The Morgan fingerprint density at radius 3 is 1.67 bits per heavy atom. The molecule has 0 aromatic rings. The third kappa shape index (κ3) is 14.4. The fourth-order valence-electron chi connectivity index (χ4n) is 2.52. The van der Waals surface area contributed by atoms with Gasteiger partial charge in [0.2, 0.25) is 0 Å². The quantitative estimate of drug-likeness (QED) is 0.353. The lowest BCUT2D eigenvalue weighted by Gasteiger charge is -2.19. The molecule has 1 heteroatoms. The average molecular weight is 299 g/mol. The molecular weight excluding hydrogens is 256 g/mol. The highest BCUT2D eigenvalue weighted by atomic mass is 16.1. The molecule has 0 amide bonds. The summed E-state index contributed by atoms with van der Waals surface area (Å²) in [6.07, 6.45) is 11.2. The summed E-state index contributed by atoms with van der Waals surface area (Å²) < 4.78 is 0. The van der Waals surface area contributed by atoms with E-state index in [1.807, 2.05) is 27.7 Å². The van der Waals surface area contributed by atoms with E-state index in [1.165, 1.54) is 44.9 Å². The Morgan fingerprint density at radius 1 is 0.762 bits per heavy atom. The summed E-state index contributed by atoms with van der Waals surface area (Å²) in [4.78, 5) is 11.5. The van der Waals surface area contributed by atoms with E-state index in [1.54, 1.807) is 0 Å². The summed E-state index contributed by atoms with van der Waals surface area (Å²) in [6, 6.07) is 0. The molecule has 0 N–H and O–H groups in total. The second-order valence-corrected chi connectivity index (χ2v) is 6.67. The third-order valence-electron chi connectivity index (χ3n) is 4.46. The van der Waals surface area contributed by atoms with Crippen LogP contribution in [0.2, 0.25) is 0 Å². The van der Waals surface area contributed by atoms with Crippen LogP contribution in [-0.4, -0.2) is 5.78 Å². The van der Waals surface area contributed by atoms with Gasteiger partial charge in [0, 0.05) is 12.3 Å². The molecule has 0 aliphatic heterocycles. The summed E-state index contributed by atoms with van der Waals surface area (Å²) in [5.74, 6) is 2.36. The second-order valence-electron chi connectivity index (χ2n) is 6.67. The fraction of sp³-hybridized carbons (Fsp3) is 0.950. The van der Waals surface area contributed by atoms with E-state index in [0.29, 0.717) is 5.78 Å². The predicted octanol–water partition coefficient (Wildman–Crippen LogP) is 7.04. The molecule has 2 atom stereocenters.